The van der Waals surface area contributed by atoms with Gasteiger partial charge in [0.2, 0.25) is 0 Å². The first-order valence-electron chi connectivity index (χ1n) is 8.20. The van der Waals surface area contributed by atoms with Crippen LogP contribution in [0.2, 0.25) is 0 Å². The molecule has 0 aliphatic heterocycles. The molecular formula is C18H20N6O2. The Labute approximate surface area is 150 Å². The number of H-pyrrole nitrogens is 1. The highest BCUT2D eigenvalue weighted by Crippen LogP contribution is 2.14. The summed E-state index contributed by atoms with van der Waals surface area (Å²) in [6.45, 7) is 2.51. The molecule has 8 heteroatoms. The van der Waals surface area contributed by atoms with Crippen LogP contribution in [-0.2, 0) is 0 Å². The van der Waals surface area contributed by atoms with Gasteiger partial charge in [0.05, 0.1) is 11.2 Å². The first-order valence-corrected chi connectivity index (χ1v) is 8.20. The molecule has 26 heavy (non-hydrogen) atoms. The predicted molar refractivity (Wildman–Crippen MR) is 96.8 cm³/mol. The number of aromatic amines is 1. The number of benzene rings is 1. The quantitative estimate of drug-likeness (QED) is 0.751. The van der Waals surface area contributed by atoms with Crippen LogP contribution in [-0.4, -0.2) is 69.2 Å². The van der Waals surface area contributed by atoms with Gasteiger partial charge in [-0.25, -0.2) is 0 Å². The molecule has 3 rings (SSSR count). The highest BCUT2D eigenvalue weighted by Gasteiger charge is 2.19. The summed E-state index contributed by atoms with van der Waals surface area (Å²) in [6.07, 6.45) is 1.72. The van der Waals surface area contributed by atoms with E-state index in [-0.39, 0.29) is 11.8 Å². The van der Waals surface area contributed by atoms with Crippen molar-refractivity contribution < 1.29 is 9.59 Å². The van der Waals surface area contributed by atoms with Crippen molar-refractivity contribution in [3.05, 3.63) is 53.5 Å². The highest BCUT2D eigenvalue weighted by atomic mass is 16.2. The Balaban J connectivity index is 1.63. The lowest BCUT2D eigenvalue weighted by Crippen LogP contribution is -2.37. The minimum absolute atomic E-state index is 0.103. The smallest absolute Gasteiger partial charge is 0.276 e. The second kappa shape index (κ2) is 7.30. The minimum Gasteiger partial charge on any atom is -0.340 e. The highest BCUT2D eigenvalue weighted by molar-refractivity contribution is 5.98. The molecule has 0 aliphatic rings. The zero-order chi connectivity index (χ0) is 18.7. The number of hydrogen-bond acceptors (Lipinski definition) is 5. The van der Waals surface area contributed by atoms with Gasteiger partial charge >= 0.3 is 0 Å². The van der Waals surface area contributed by atoms with Crippen molar-refractivity contribution >= 4 is 22.7 Å². The van der Waals surface area contributed by atoms with Crippen LogP contribution in [0, 0.1) is 6.92 Å². The Morgan fingerprint density at radius 3 is 2.46 bits per heavy atom. The number of amides is 2. The lowest BCUT2D eigenvalue weighted by Gasteiger charge is -2.22. The van der Waals surface area contributed by atoms with E-state index in [4.69, 9.17) is 0 Å². The Kier molecular flexibility index (Phi) is 4.92. The van der Waals surface area contributed by atoms with Crippen molar-refractivity contribution in [1.82, 2.24) is 30.2 Å². The van der Waals surface area contributed by atoms with Crippen molar-refractivity contribution in [3.63, 3.8) is 0 Å². The van der Waals surface area contributed by atoms with Crippen LogP contribution in [0.25, 0.3) is 10.9 Å². The fourth-order valence-electron chi connectivity index (χ4n) is 2.60. The van der Waals surface area contributed by atoms with Crippen LogP contribution in [0.4, 0.5) is 0 Å². The maximum absolute atomic E-state index is 12.6. The summed E-state index contributed by atoms with van der Waals surface area (Å²) in [7, 11) is 3.39. The number of nitrogens with one attached hydrogen (secondary N) is 1. The summed E-state index contributed by atoms with van der Waals surface area (Å²) in [5, 5.41) is 11.1. The largest absolute Gasteiger partial charge is 0.340 e. The van der Waals surface area contributed by atoms with Crippen molar-refractivity contribution in [1.29, 1.82) is 0 Å². The molecule has 0 saturated heterocycles. The second-order valence-electron chi connectivity index (χ2n) is 6.12. The molecule has 2 heterocycles. The number of carbonyl (C=O) groups excluding carboxylic acids is 2. The Hall–Kier alpha value is -3.29. The number of hydrogen-bond donors (Lipinski definition) is 1. The number of fused-ring (bicyclic) bond motifs is 1. The number of nitrogens with zero attached hydrogens (tertiary/aromatic N) is 5. The van der Waals surface area contributed by atoms with E-state index in [1.807, 2.05) is 24.3 Å². The molecule has 0 bridgehead atoms. The molecule has 3 aromatic rings. The molecule has 2 amide bonds. The maximum atomic E-state index is 12.6. The third-order valence-corrected chi connectivity index (χ3v) is 4.24. The molecule has 8 nitrogen and oxygen atoms in total. The summed E-state index contributed by atoms with van der Waals surface area (Å²) in [6, 6.07) is 9.19. The standard InChI is InChI=1S/C18H20N6O2/c1-12-16(21-22-20-12)18(26)24(3)10-9-23(2)17(25)14-6-7-15-13(11-14)5-4-8-19-15/h4-8,11H,9-10H2,1-3H3,(H,20,21,22). The number of rotatable bonds is 5. The van der Waals surface area contributed by atoms with Crippen molar-refractivity contribution in [2.24, 2.45) is 0 Å². The molecule has 0 atom stereocenters. The first-order chi connectivity index (χ1) is 12.5. The molecular weight excluding hydrogens is 332 g/mol. The van der Waals surface area contributed by atoms with E-state index in [2.05, 4.69) is 20.4 Å². The summed E-state index contributed by atoms with van der Waals surface area (Å²) in [5.41, 5.74) is 2.29. The van der Waals surface area contributed by atoms with Gasteiger partial charge in [-0.15, -0.1) is 0 Å². The normalized spacial score (nSPS) is 10.7. The summed E-state index contributed by atoms with van der Waals surface area (Å²) < 4.78 is 0. The van der Waals surface area contributed by atoms with Gasteiger partial charge in [0.15, 0.2) is 5.69 Å². The SMILES string of the molecule is Cc1n[nH]nc1C(=O)N(C)CCN(C)C(=O)c1ccc2ncccc2c1. The zero-order valence-corrected chi connectivity index (χ0v) is 14.9. The van der Waals surface area contributed by atoms with E-state index in [1.165, 1.54) is 4.90 Å². The van der Waals surface area contributed by atoms with E-state index in [0.717, 1.165) is 10.9 Å². The third-order valence-electron chi connectivity index (χ3n) is 4.24. The van der Waals surface area contributed by atoms with Crippen LogP contribution >= 0.6 is 0 Å². The zero-order valence-electron chi connectivity index (χ0n) is 14.9. The number of pyridine rings is 1. The van der Waals surface area contributed by atoms with E-state index < -0.39 is 0 Å². The molecule has 0 aliphatic carbocycles. The molecule has 0 saturated carbocycles. The molecule has 0 fully saturated rings. The Bertz CT molecular complexity index is 952. The van der Waals surface area contributed by atoms with Crippen molar-refractivity contribution in [2.45, 2.75) is 6.92 Å². The molecule has 1 aromatic carbocycles. The minimum atomic E-state index is -0.228. The van der Waals surface area contributed by atoms with E-state index in [1.54, 1.807) is 38.2 Å². The predicted octanol–water partition coefficient (Wildman–Crippen LogP) is 1.51. The number of likely N-dealkylation sites (N-methyl/N-ethyl adjacent to an activating group) is 2. The fraction of sp³-hybridized carbons (Fsp3) is 0.278. The average Bonchev–Trinajstić information content (AvgIpc) is 3.10. The van der Waals surface area contributed by atoms with Crippen LogP contribution in [0.3, 0.4) is 0 Å². The van der Waals surface area contributed by atoms with Crippen LogP contribution in [0.15, 0.2) is 36.5 Å². The summed E-state index contributed by atoms with van der Waals surface area (Å²) in [5.74, 6) is -0.330. The van der Waals surface area contributed by atoms with Gasteiger partial charge < -0.3 is 9.80 Å². The maximum Gasteiger partial charge on any atom is 0.276 e. The van der Waals surface area contributed by atoms with Gasteiger partial charge in [-0.2, -0.15) is 15.4 Å². The molecule has 2 aromatic heterocycles. The summed E-state index contributed by atoms with van der Waals surface area (Å²) >= 11 is 0. The number of aryl methyl sites for hydroxylation is 1. The molecule has 1 N–H and O–H groups in total. The number of aromatic nitrogens is 4. The third kappa shape index (κ3) is 3.53. The van der Waals surface area contributed by atoms with Crippen molar-refractivity contribution in [3.8, 4) is 0 Å². The van der Waals surface area contributed by atoms with Gasteiger partial charge in [-0.3, -0.25) is 14.6 Å². The van der Waals surface area contributed by atoms with Gasteiger partial charge in [0.25, 0.3) is 11.8 Å². The van der Waals surface area contributed by atoms with E-state index in [9.17, 15) is 9.59 Å². The van der Waals surface area contributed by atoms with Crippen LogP contribution in [0.1, 0.15) is 26.5 Å². The van der Waals surface area contributed by atoms with Crippen molar-refractivity contribution in [2.75, 3.05) is 27.2 Å². The molecule has 0 radical (unpaired) electrons. The van der Waals surface area contributed by atoms with E-state index in [0.29, 0.717) is 30.0 Å². The fourth-order valence-corrected chi connectivity index (χ4v) is 2.60. The first kappa shape index (κ1) is 17.5. The Morgan fingerprint density at radius 2 is 1.77 bits per heavy atom. The lowest BCUT2D eigenvalue weighted by atomic mass is 10.1. The second-order valence-corrected chi connectivity index (χ2v) is 6.12. The molecule has 0 unspecified atom stereocenters. The van der Waals surface area contributed by atoms with Gasteiger partial charge in [-0.1, -0.05) is 6.07 Å². The van der Waals surface area contributed by atoms with Gasteiger partial charge in [0.1, 0.15) is 0 Å². The topological polar surface area (TPSA) is 95.1 Å². The lowest BCUT2D eigenvalue weighted by molar-refractivity contribution is 0.0715. The number of carbonyl (C=O) groups is 2. The molecule has 134 valence electrons. The van der Waals surface area contributed by atoms with Gasteiger partial charge in [-0.05, 0) is 31.2 Å². The van der Waals surface area contributed by atoms with Crippen LogP contribution in [0.5, 0.6) is 0 Å². The average molecular weight is 352 g/mol. The molecule has 0 spiro atoms. The van der Waals surface area contributed by atoms with E-state index >= 15 is 0 Å². The van der Waals surface area contributed by atoms with Crippen LogP contribution < -0.4 is 0 Å². The summed E-state index contributed by atoms with van der Waals surface area (Å²) in [4.78, 5) is 32.3. The Morgan fingerprint density at radius 1 is 1.04 bits per heavy atom. The monoisotopic (exact) mass is 352 g/mol. The van der Waals surface area contributed by atoms with Gasteiger partial charge in [0, 0.05) is 44.3 Å².